The van der Waals surface area contributed by atoms with Crippen molar-refractivity contribution in [1.82, 2.24) is 5.32 Å². The predicted molar refractivity (Wildman–Crippen MR) is 87.6 cm³/mol. The summed E-state index contributed by atoms with van der Waals surface area (Å²) in [6, 6.07) is 7.16. The van der Waals surface area contributed by atoms with Crippen LogP contribution in [0, 0.1) is 18.8 Å². The first-order chi connectivity index (χ1) is 10.1. The van der Waals surface area contributed by atoms with Crippen molar-refractivity contribution in [3.05, 3.63) is 56.2 Å². The van der Waals surface area contributed by atoms with Gasteiger partial charge in [-0.25, -0.2) is 0 Å². The van der Waals surface area contributed by atoms with E-state index in [0.29, 0.717) is 23.7 Å². The SMILES string of the molecule is Cc1cc(Cl)ccc1C(=O)NCc1sccc1C#CCN. The highest BCUT2D eigenvalue weighted by atomic mass is 35.5. The van der Waals surface area contributed by atoms with Crippen LogP contribution in [0.25, 0.3) is 0 Å². The van der Waals surface area contributed by atoms with Gasteiger partial charge in [-0.1, -0.05) is 23.4 Å². The van der Waals surface area contributed by atoms with Crippen LogP contribution in [0.5, 0.6) is 0 Å². The molecule has 1 aromatic heterocycles. The van der Waals surface area contributed by atoms with Crippen LogP contribution in [0.1, 0.15) is 26.4 Å². The summed E-state index contributed by atoms with van der Waals surface area (Å²) in [5.41, 5.74) is 7.77. The molecular weight excluding hydrogens is 304 g/mol. The zero-order valence-corrected chi connectivity index (χ0v) is 13.1. The second kappa shape index (κ2) is 7.28. The molecule has 3 N–H and O–H groups in total. The molecule has 1 heterocycles. The van der Waals surface area contributed by atoms with Crippen molar-refractivity contribution in [3.63, 3.8) is 0 Å². The molecule has 0 fully saturated rings. The summed E-state index contributed by atoms with van der Waals surface area (Å²) in [7, 11) is 0. The first-order valence-electron chi connectivity index (χ1n) is 6.41. The fourth-order valence-electron chi connectivity index (χ4n) is 1.87. The van der Waals surface area contributed by atoms with Gasteiger partial charge in [-0.15, -0.1) is 11.3 Å². The smallest absolute Gasteiger partial charge is 0.251 e. The minimum Gasteiger partial charge on any atom is -0.347 e. The molecule has 0 saturated carbocycles. The molecular formula is C16H15ClN2OS. The molecule has 1 amide bonds. The number of hydrogen-bond donors (Lipinski definition) is 2. The summed E-state index contributed by atoms with van der Waals surface area (Å²) < 4.78 is 0. The van der Waals surface area contributed by atoms with Gasteiger partial charge < -0.3 is 11.1 Å². The normalized spacial score (nSPS) is 9.86. The number of rotatable bonds is 3. The molecule has 2 aromatic rings. The Balaban J connectivity index is 2.06. The molecule has 0 aliphatic carbocycles. The average molecular weight is 319 g/mol. The van der Waals surface area contributed by atoms with Crippen molar-refractivity contribution < 1.29 is 4.79 Å². The van der Waals surface area contributed by atoms with Crippen LogP contribution >= 0.6 is 22.9 Å². The predicted octanol–water partition coefficient (Wildman–Crippen LogP) is 2.95. The third kappa shape index (κ3) is 4.08. The van der Waals surface area contributed by atoms with E-state index in [2.05, 4.69) is 17.2 Å². The molecule has 21 heavy (non-hydrogen) atoms. The number of thiophene rings is 1. The summed E-state index contributed by atoms with van der Waals surface area (Å²) in [6.07, 6.45) is 0. The minimum absolute atomic E-state index is 0.115. The maximum absolute atomic E-state index is 12.2. The van der Waals surface area contributed by atoms with Crippen molar-refractivity contribution in [2.24, 2.45) is 5.73 Å². The van der Waals surface area contributed by atoms with Crippen LogP contribution in [0.2, 0.25) is 5.02 Å². The van der Waals surface area contributed by atoms with Crippen LogP contribution in [0.3, 0.4) is 0 Å². The first-order valence-corrected chi connectivity index (χ1v) is 7.67. The number of aryl methyl sites for hydroxylation is 1. The number of nitrogens with one attached hydrogen (secondary N) is 1. The highest BCUT2D eigenvalue weighted by molar-refractivity contribution is 7.10. The zero-order valence-electron chi connectivity index (χ0n) is 11.6. The van der Waals surface area contributed by atoms with E-state index < -0.39 is 0 Å². The van der Waals surface area contributed by atoms with E-state index in [9.17, 15) is 4.79 Å². The summed E-state index contributed by atoms with van der Waals surface area (Å²) in [5, 5.41) is 5.49. The lowest BCUT2D eigenvalue weighted by atomic mass is 10.1. The number of carbonyl (C=O) groups excluding carboxylic acids is 1. The van der Waals surface area contributed by atoms with E-state index in [4.69, 9.17) is 17.3 Å². The molecule has 3 nitrogen and oxygen atoms in total. The van der Waals surface area contributed by atoms with E-state index in [-0.39, 0.29) is 5.91 Å². The highest BCUT2D eigenvalue weighted by Gasteiger charge is 2.10. The fraction of sp³-hybridized carbons (Fsp3) is 0.188. The summed E-state index contributed by atoms with van der Waals surface area (Å²) >= 11 is 7.46. The number of hydrogen-bond acceptors (Lipinski definition) is 3. The van der Waals surface area contributed by atoms with Crippen LogP contribution in [-0.4, -0.2) is 12.5 Å². The molecule has 0 radical (unpaired) electrons. The van der Waals surface area contributed by atoms with Crippen LogP contribution < -0.4 is 11.1 Å². The molecule has 0 aliphatic rings. The van der Waals surface area contributed by atoms with E-state index in [1.165, 1.54) is 0 Å². The van der Waals surface area contributed by atoms with Gasteiger partial charge in [-0.05, 0) is 42.1 Å². The zero-order chi connectivity index (χ0) is 15.2. The van der Waals surface area contributed by atoms with Gasteiger partial charge in [0.25, 0.3) is 5.91 Å². The third-order valence-corrected chi connectivity index (χ3v) is 4.07. The number of benzene rings is 1. The third-order valence-electron chi connectivity index (χ3n) is 2.91. The Hall–Kier alpha value is -1.80. The Morgan fingerprint density at radius 3 is 2.95 bits per heavy atom. The molecule has 0 spiro atoms. The number of halogens is 1. The molecule has 0 atom stereocenters. The molecule has 0 bridgehead atoms. The molecule has 0 saturated heterocycles. The highest BCUT2D eigenvalue weighted by Crippen LogP contribution is 2.17. The summed E-state index contributed by atoms with van der Waals surface area (Å²) in [5.74, 6) is 5.71. The Labute approximate surface area is 133 Å². The lowest BCUT2D eigenvalue weighted by Gasteiger charge is -2.07. The van der Waals surface area contributed by atoms with Crippen molar-refractivity contribution in [2.45, 2.75) is 13.5 Å². The largest absolute Gasteiger partial charge is 0.347 e. The lowest BCUT2D eigenvalue weighted by molar-refractivity contribution is 0.0950. The topological polar surface area (TPSA) is 55.1 Å². The second-order valence-corrected chi connectivity index (χ2v) is 5.84. The van der Waals surface area contributed by atoms with Gasteiger partial charge in [0.1, 0.15) is 0 Å². The van der Waals surface area contributed by atoms with Gasteiger partial charge in [0.2, 0.25) is 0 Å². The van der Waals surface area contributed by atoms with Gasteiger partial charge in [0.15, 0.2) is 0 Å². The van der Waals surface area contributed by atoms with Crippen LogP contribution in [0.15, 0.2) is 29.6 Å². The van der Waals surface area contributed by atoms with Crippen molar-refractivity contribution in [1.29, 1.82) is 0 Å². The van der Waals surface area contributed by atoms with Crippen molar-refractivity contribution >= 4 is 28.8 Å². The van der Waals surface area contributed by atoms with Gasteiger partial charge in [-0.2, -0.15) is 0 Å². The summed E-state index contributed by atoms with van der Waals surface area (Å²) in [4.78, 5) is 13.2. The maximum Gasteiger partial charge on any atom is 0.251 e. The Bertz CT molecular complexity index is 713. The van der Waals surface area contributed by atoms with E-state index in [1.807, 2.05) is 18.4 Å². The molecule has 108 valence electrons. The van der Waals surface area contributed by atoms with Gasteiger partial charge in [0.05, 0.1) is 13.1 Å². The fourth-order valence-corrected chi connectivity index (χ4v) is 2.87. The van der Waals surface area contributed by atoms with Crippen LogP contribution in [0.4, 0.5) is 0 Å². The Morgan fingerprint density at radius 1 is 1.43 bits per heavy atom. The quantitative estimate of drug-likeness (QED) is 0.855. The van der Waals surface area contributed by atoms with Crippen molar-refractivity contribution in [3.8, 4) is 11.8 Å². The Kier molecular flexibility index (Phi) is 5.40. The first kappa shape index (κ1) is 15.6. The van der Waals surface area contributed by atoms with Gasteiger partial charge in [-0.3, -0.25) is 4.79 Å². The van der Waals surface area contributed by atoms with E-state index >= 15 is 0 Å². The second-order valence-electron chi connectivity index (χ2n) is 4.41. The number of amides is 1. The van der Waals surface area contributed by atoms with Gasteiger partial charge in [0, 0.05) is 21.0 Å². The molecule has 2 rings (SSSR count). The maximum atomic E-state index is 12.2. The van der Waals surface area contributed by atoms with E-state index in [1.54, 1.807) is 29.5 Å². The van der Waals surface area contributed by atoms with Crippen LogP contribution in [-0.2, 0) is 6.54 Å². The van der Waals surface area contributed by atoms with E-state index in [0.717, 1.165) is 16.0 Å². The van der Waals surface area contributed by atoms with Gasteiger partial charge >= 0.3 is 0 Å². The molecule has 0 aliphatic heterocycles. The lowest BCUT2D eigenvalue weighted by Crippen LogP contribution is -2.23. The van der Waals surface area contributed by atoms with Crippen molar-refractivity contribution in [2.75, 3.05) is 6.54 Å². The molecule has 5 heteroatoms. The Morgan fingerprint density at radius 2 is 2.24 bits per heavy atom. The standard InChI is InChI=1S/C16H15ClN2OS/c1-11-9-13(17)4-5-14(11)16(20)19-10-15-12(3-2-7-18)6-8-21-15/h4-6,8-9H,7,10,18H2,1H3,(H,19,20). The monoisotopic (exact) mass is 318 g/mol. The summed E-state index contributed by atoms with van der Waals surface area (Å²) in [6.45, 7) is 2.64. The average Bonchev–Trinajstić information content (AvgIpc) is 2.90. The molecule has 1 aromatic carbocycles. The minimum atomic E-state index is -0.115. The molecule has 0 unspecified atom stereocenters. The number of carbonyl (C=O) groups is 1. The number of nitrogens with two attached hydrogens (primary N) is 1.